The molecule has 0 radical (unpaired) electrons. The summed E-state index contributed by atoms with van der Waals surface area (Å²) in [5, 5.41) is 12.6. The second-order valence-electron chi connectivity index (χ2n) is 3.41. The average Bonchev–Trinajstić information content (AvgIpc) is 2.73. The van der Waals surface area contributed by atoms with Crippen molar-refractivity contribution in [2.24, 2.45) is 0 Å². The summed E-state index contributed by atoms with van der Waals surface area (Å²) in [6, 6.07) is 4.66. The predicted molar refractivity (Wildman–Crippen MR) is 69.5 cm³/mol. The number of nitrogens with one attached hydrogen (secondary N) is 1. The summed E-state index contributed by atoms with van der Waals surface area (Å²) in [5.41, 5.74) is 0.387. The van der Waals surface area contributed by atoms with Crippen LogP contribution in [-0.2, 0) is 0 Å². The molecule has 8 heteroatoms. The van der Waals surface area contributed by atoms with Crippen molar-refractivity contribution in [1.29, 1.82) is 0 Å². The lowest BCUT2D eigenvalue weighted by Crippen LogP contribution is -1.97. The Bertz CT molecular complexity index is 635. The van der Waals surface area contributed by atoms with Crippen LogP contribution in [0, 0.1) is 6.57 Å². The van der Waals surface area contributed by atoms with E-state index in [0.717, 1.165) is 0 Å². The molecule has 98 valence electrons. The van der Waals surface area contributed by atoms with Gasteiger partial charge in [0.2, 0.25) is 5.69 Å². The van der Waals surface area contributed by atoms with Crippen LogP contribution >= 0.6 is 11.1 Å². The lowest BCUT2D eigenvalue weighted by atomic mass is 10.2. The molecule has 1 aromatic heterocycles. The van der Waals surface area contributed by atoms with Gasteiger partial charge in [0, 0.05) is 8.75 Å². The van der Waals surface area contributed by atoms with Gasteiger partial charge >= 0.3 is 5.88 Å². The number of hydrogen-bond acceptors (Lipinski definition) is 6. The monoisotopic (exact) mass is 278 g/mol. The zero-order valence-electron chi connectivity index (χ0n) is 9.95. The highest BCUT2D eigenvalue weighted by Crippen LogP contribution is 2.37. The zero-order chi connectivity index (χ0) is 13.8. The summed E-state index contributed by atoms with van der Waals surface area (Å²) in [6.45, 7) is 9.03. The quantitative estimate of drug-likeness (QED) is 0.507. The molecule has 0 bridgehead atoms. The van der Waals surface area contributed by atoms with E-state index < -0.39 is 11.1 Å². The van der Waals surface area contributed by atoms with Crippen molar-refractivity contribution in [3.8, 4) is 11.6 Å². The molecule has 7 nitrogen and oxygen atoms in total. The van der Waals surface area contributed by atoms with E-state index in [2.05, 4.69) is 18.9 Å². The molecule has 19 heavy (non-hydrogen) atoms. The Labute approximate surface area is 112 Å². The second kappa shape index (κ2) is 5.51. The molecule has 1 atom stereocenters. The van der Waals surface area contributed by atoms with Gasteiger partial charge in [-0.25, -0.2) is 4.85 Å². The first-order valence-corrected chi connectivity index (χ1v) is 6.41. The number of aromatic hydroxyl groups is 1. The summed E-state index contributed by atoms with van der Waals surface area (Å²) >= 11 is -1.73. The van der Waals surface area contributed by atoms with Crippen LogP contribution in [0.5, 0.6) is 11.6 Å². The molecule has 1 heterocycles. The lowest BCUT2D eigenvalue weighted by molar-refractivity contribution is 0.331. The maximum absolute atomic E-state index is 11.2. The molecule has 0 aliphatic rings. The van der Waals surface area contributed by atoms with Gasteiger partial charge in [-0.1, -0.05) is 12.1 Å². The van der Waals surface area contributed by atoms with Crippen LogP contribution in [0.25, 0.3) is 4.85 Å². The van der Waals surface area contributed by atoms with Crippen molar-refractivity contribution < 1.29 is 14.4 Å². The molecule has 0 aliphatic heterocycles. The highest BCUT2D eigenvalue weighted by Gasteiger charge is 2.18. The van der Waals surface area contributed by atoms with E-state index >= 15 is 0 Å². The number of rotatable bonds is 4. The van der Waals surface area contributed by atoms with E-state index in [0.29, 0.717) is 6.61 Å². The number of phenols is 1. The Kier molecular flexibility index (Phi) is 3.79. The van der Waals surface area contributed by atoms with E-state index in [-0.39, 0.29) is 28.8 Å². The number of anilines is 2. The van der Waals surface area contributed by atoms with Gasteiger partial charge in [0.25, 0.3) is 5.82 Å². The van der Waals surface area contributed by atoms with Crippen molar-refractivity contribution in [3.63, 3.8) is 0 Å². The number of benzene rings is 1. The van der Waals surface area contributed by atoms with Gasteiger partial charge in [-0.2, -0.15) is 0 Å². The van der Waals surface area contributed by atoms with Crippen LogP contribution in [0.2, 0.25) is 0 Å². The van der Waals surface area contributed by atoms with Gasteiger partial charge in [-0.15, -0.1) is 0 Å². The molecule has 0 spiro atoms. The number of nitrogens with zero attached hydrogens (tertiary/aromatic N) is 3. The van der Waals surface area contributed by atoms with Crippen LogP contribution in [0.3, 0.4) is 0 Å². The van der Waals surface area contributed by atoms with Gasteiger partial charge in [0.15, 0.2) is 11.1 Å². The highest BCUT2D eigenvalue weighted by atomic mass is 32.2. The SMILES string of the molecule is [C-]#[N+]c1cccc(Nc2n[s+]([O-])nc2OCC)c1O. The Morgan fingerprint density at radius 2 is 2.32 bits per heavy atom. The Hall–Kier alpha value is -2.37. The largest absolute Gasteiger partial charge is 0.546 e. The molecule has 0 amide bonds. The Morgan fingerprint density at radius 1 is 1.53 bits per heavy atom. The Morgan fingerprint density at radius 3 is 3.00 bits per heavy atom. The highest BCUT2D eigenvalue weighted by molar-refractivity contribution is 7.14. The summed E-state index contributed by atoms with van der Waals surface area (Å²) in [6.07, 6.45) is 0. The van der Waals surface area contributed by atoms with E-state index in [1.165, 1.54) is 6.07 Å². The zero-order valence-corrected chi connectivity index (χ0v) is 10.8. The molecule has 2 N–H and O–H groups in total. The average molecular weight is 278 g/mol. The van der Waals surface area contributed by atoms with Crippen molar-refractivity contribution in [3.05, 3.63) is 29.6 Å². The molecule has 2 rings (SSSR count). The van der Waals surface area contributed by atoms with E-state index in [4.69, 9.17) is 11.3 Å². The summed E-state index contributed by atoms with van der Waals surface area (Å²) < 4.78 is 23.8. The van der Waals surface area contributed by atoms with Gasteiger partial charge in [-0.3, -0.25) is 0 Å². The van der Waals surface area contributed by atoms with Crippen molar-refractivity contribution in [2.75, 3.05) is 11.9 Å². The third kappa shape index (κ3) is 2.73. The van der Waals surface area contributed by atoms with Crippen LogP contribution in [0.1, 0.15) is 6.92 Å². The fourth-order valence-corrected chi connectivity index (χ4v) is 2.01. The number of hydrogen-bond donors (Lipinski definition) is 2. The van der Waals surface area contributed by atoms with E-state index in [1.54, 1.807) is 19.1 Å². The summed E-state index contributed by atoms with van der Waals surface area (Å²) in [7, 11) is 0. The molecule has 1 unspecified atom stereocenters. The van der Waals surface area contributed by atoms with Gasteiger partial charge < -0.3 is 19.7 Å². The summed E-state index contributed by atoms with van der Waals surface area (Å²) in [4.78, 5) is 3.17. The second-order valence-corrected chi connectivity index (χ2v) is 4.24. The van der Waals surface area contributed by atoms with E-state index in [9.17, 15) is 9.66 Å². The molecule has 0 aliphatic carbocycles. The number of para-hydroxylation sites is 1. The van der Waals surface area contributed by atoms with Crippen LogP contribution in [0.4, 0.5) is 17.2 Å². The molecule has 1 aromatic carbocycles. The third-order valence-corrected chi connectivity index (χ3v) is 2.86. The van der Waals surface area contributed by atoms with Crippen LogP contribution in [-0.4, -0.2) is 25.0 Å². The minimum atomic E-state index is -1.73. The van der Waals surface area contributed by atoms with Gasteiger partial charge in [0.05, 0.1) is 18.9 Å². The van der Waals surface area contributed by atoms with E-state index in [1.807, 2.05) is 0 Å². The lowest BCUT2D eigenvalue weighted by Gasteiger charge is -2.06. The topological polar surface area (TPSA) is 94.7 Å². The summed E-state index contributed by atoms with van der Waals surface area (Å²) in [5.74, 6) is 0.0831. The first-order valence-electron chi connectivity index (χ1n) is 5.34. The smallest absolute Gasteiger partial charge is 0.318 e. The minimum Gasteiger partial charge on any atom is -0.546 e. The van der Waals surface area contributed by atoms with Crippen LogP contribution in [0.15, 0.2) is 18.2 Å². The van der Waals surface area contributed by atoms with Crippen molar-refractivity contribution in [1.82, 2.24) is 8.75 Å². The predicted octanol–water partition coefficient (Wildman–Crippen LogP) is 2.60. The number of ether oxygens (including phenoxy) is 1. The first-order chi connectivity index (χ1) is 9.15. The minimum absolute atomic E-state index is 0.111. The maximum Gasteiger partial charge on any atom is 0.318 e. The molecule has 0 fully saturated rings. The molecule has 0 saturated heterocycles. The fourth-order valence-electron chi connectivity index (χ4n) is 1.41. The third-order valence-electron chi connectivity index (χ3n) is 2.20. The maximum atomic E-state index is 11.2. The molecular formula is C11H10N4O3S. The van der Waals surface area contributed by atoms with Gasteiger partial charge in [-0.05, 0) is 13.0 Å². The molecular weight excluding hydrogens is 268 g/mol. The number of aromatic nitrogens is 2. The standard InChI is InChI=1S/C11H10N4O3S/c1-3-18-11-10(14-19(17)15-11)13-8-6-4-5-7(12-2)9(8)16/h4-6,16H,3H2,1H3,(H,13,14). The molecule has 2 aromatic rings. The normalized spacial score (nSPS) is 10.9. The van der Waals surface area contributed by atoms with Crippen LogP contribution < -0.4 is 10.1 Å². The van der Waals surface area contributed by atoms with Crippen molar-refractivity contribution in [2.45, 2.75) is 6.92 Å². The van der Waals surface area contributed by atoms with Crippen molar-refractivity contribution >= 4 is 28.3 Å². The fraction of sp³-hybridized carbons (Fsp3) is 0.182. The number of phenolic OH excluding ortho intramolecular Hbond substituents is 1. The first kappa shape index (κ1) is 13.1. The Balaban J connectivity index is 2.34. The molecule has 0 saturated carbocycles. The van der Waals surface area contributed by atoms with Gasteiger partial charge in [0.1, 0.15) is 5.75 Å².